The van der Waals surface area contributed by atoms with Crippen LogP contribution in [-0.4, -0.2) is 57.7 Å². The van der Waals surface area contributed by atoms with E-state index in [1.165, 1.54) is 0 Å². The van der Waals surface area contributed by atoms with Crippen LogP contribution in [0.25, 0.3) is 0 Å². The standard InChI is InChI=1S/C6H13NO5/c7-5-4(10)3(9)1-12-6(5,11)2-8/h3-5,8-11H,1-2,7H2/t3-,4+,5-,6-/m0/s1. The minimum absolute atomic E-state index is 0.244. The first-order valence-electron chi connectivity index (χ1n) is 3.60. The SMILES string of the molecule is N[C@H]1[C@H](O)[C@@H](O)CO[C@@]1(O)CO. The molecule has 1 fully saturated rings. The summed E-state index contributed by atoms with van der Waals surface area (Å²) in [6.45, 7) is -0.954. The Morgan fingerprint density at radius 3 is 2.58 bits per heavy atom. The lowest BCUT2D eigenvalue weighted by Crippen LogP contribution is -2.66. The number of aliphatic hydroxyl groups is 4. The van der Waals surface area contributed by atoms with Crippen molar-refractivity contribution in [2.24, 2.45) is 5.73 Å². The predicted molar refractivity (Wildman–Crippen MR) is 38.0 cm³/mol. The molecule has 0 aliphatic carbocycles. The highest BCUT2D eigenvalue weighted by Crippen LogP contribution is 2.21. The first kappa shape index (κ1) is 9.85. The molecule has 6 heteroatoms. The Bertz CT molecular complexity index is 166. The molecule has 1 aliphatic rings. The minimum Gasteiger partial charge on any atom is -0.391 e. The van der Waals surface area contributed by atoms with E-state index in [2.05, 4.69) is 4.74 Å². The number of hydrogen-bond acceptors (Lipinski definition) is 6. The van der Waals surface area contributed by atoms with E-state index in [0.29, 0.717) is 0 Å². The molecule has 6 nitrogen and oxygen atoms in total. The van der Waals surface area contributed by atoms with Crippen molar-refractivity contribution in [2.45, 2.75) is 24.0 Å². The van der Waals surface area contributed by atoms with Gasteiger partial charge >= 0.3 is 0 Å². The highest BCUT2D eigenvalue weighted by atomic mass is 16.6. The summed E-state index contributed by atoms with van der Waals surface area (Å²) < 4.78 is 4.68. The van der Waals surface area contributed by atoms with Crippen molar-refractivity contribution in [1.82, 2.24) is 0 Å². The number of hydrogen-bond donors (Lipinski definition) is 5. The average Bonchev–Trinajstić information content (AvgIpc) is 2.09. The Balaban J connectivity index is 2.71. The zero-order valence-corrected chi connectivity index (χ0v) is 6.42. The molecule has 0 aromatic heterocycles. The van der Waals surface area contributed by atoms with Gasteiger partial charge in [0.15, 0.2) is 0 Å². The minimum atomic E-state index is -1.95. The number of ether oxygens (including phenoxy) is 1. The molecule has 1 saturated heterocycles. The van der Waals surface area contributed by atoms with Crippen LogP contribution in [0.3, 0.4) is 0 Å². The van der Waals surface area contributed by atoms with Crippen molar-refractivity contribution in [1.29, 1.82) is 0 Å². The van der Waals surface area contributed by atoms with E-state index in [0.717, 1.165) is 0 Å². The lowest BCUT2D eigenvalue weighted by Gasteiger charge is -2.41. The van der Waals surface area contributed by atoms with Gasteiger partial charge in [0.2, 0.25) is 5.79 Å². The third-order valence-corrected chi connectivity index (χ3v) is 2.01. The molecular weight excluding hydrogens is 166 g/mol. The van der Waals surface area contributed by atoms with Crippen molar-refractivity contribution in [2.75, 3.05) is 13.2 Å². The van der Waals surface area contributed by atoms with Crippen molar-refractivity contribution < 1.29 is 25.2 Å². The maximum absolute atomic E-state index is 9.37. The predicted octanol–water partition coefficient (Wildman–Crippen LogP) is -3.25. The Kier molecular flexibility index (Phi) is 2.67. The van der Waals surface area contributed by atoms with E-state index in [9.17, 15) is 10.2 Å². The maximum Gasteiger partial charge on any atom is 0.207 e. The summed E-state index contributed by atoms with van der Waals surface area (Å²) in [5.41, 5.74) is 5.31. The maximum atomic E-state index is 9.37. The van der Waals surface area contributed by atoms with Crippen LogP contribution in [0.1, 0.15) is 0 Å². The van der Waals surface area contributed by atoms with Crippen molar-refractivity contribution in [3.05, 3.63) is 0 Å². The summed E-state index contributed by atoms with van der Waals surface area (Å²) in [6.07, 6.45) is -2.40. The summed E-state index contributed by atoms with van der Waals surface area (Å²) in [5, 5.41) is 36.3. The third kappa shape index (κ3) is 1.45. The molecule has 12 heavy (non-hydrogen) atoms. The molecule has 0 radical (unpaired) electrons. The topological polar surface area (TPSA) is 116 Å². The third-order valence-electron chi connectivity index (χ3n) is 2.01. The second kappa shape index (κ2) is 3.25. The Hall–Kier alpha value is -0.240. The second-order valence-electron chi connectivity index (χ2n) is 2.90. The molecule has 0 aromatic carbocycles. The van der Waals surface area contributed by atoms with Crippen LogP contribution in [0.5, 0.6) is 0 Å². The highest BCUT2D eigenvalue weighted by Gasteiger charge is 2.46. The normalized spacial score (nSPS) is 49.2. The van der Waals surface area contributed by atoms with Crippen LogP contribution in [0.2, 0.25) is 0 Å². The lowest BCUT2D eigenvalue weighted by molar-refractivity contribution is -0.292. The fourth-order valence-corrected chi connectivity index (χ4v) is 1.08. The van der Waals surface area contributed by atoms with Gasteiger partial charge in [0, 0.05) is 0 Å². The summed E-state index contributed by atoms with van der Waals surface area (Å²) in [4.78, 5) is 0. The smallest absolute Gasteiger partial charge is 0.207 e. The van der Waals surface area contributed by atoms with Gasteiger partial charge in [0.05, 0.1) is 19.3 Å². The van der Waals surface area contributed by atoms with Gasteiger partial charge in [-0.1, -0.05) is 0 Å². The molecular formula is C6H13NO5. The van der Waals surface area contributed by atoms with Crippen LogP contribution in [0.15, 0.2) is 0 Å². The van der Waals surface area contributed by atoms with Crippen LogP contribution >= 0.6 is 0 Å². The molecule has 0 amide bonds. The van der Waals surface area contributed by atoms with Crippen LogP contribution < -0.4 is 5.73 Å². The van der Waals surface area contributed by atoms with Gasteiger partial charge in [-0.25, -0.2) is 0 Å². The molecule has 0 aromatic rings. The van der Waals surface area contributed by atoms with Crippen LogP contribution in [0, 0.1) is 0 Å². The zero-order valence-electron chi connectivity index (χ0n) is 6.42. The van der Waals surface area contributed by atoms with Gasteiger partial charge in [-0.05, 0) is 0 Å². The van der Waals surface area contributed by atoms with Crippen molar-refractivity contribution >= 4 is 0 Å². The van der Waals surface area contributed by atoms with E-state index >= 15 is 0 Å². The molecule has 1 rings (SSSR count). The lowest BCUT2D eigenvalue weighted by atomic mass is 9.95. The first-order chi connectivity index (χ1) is 5.51. The quantitative estimate of drug-likeness (QED) is 0.288. The molecule has 0 saturated carbocycles. The summed E-state index contributed by atoms with van der Waals surface area (Å²) >= 11 is 0. The van der Waals surface area contributed by atoms with Crippen LogP contribution in [0.4, 0.5) is 0 Å². The van der Waals surface area contributed by atoms with E-state index in [4.69, 9.17) is 15.9 Å². The van der Waals surface area contributed by atoms with Gasteiger partial charge in [-0.2, -0.15) is 0 Å². The fraction of sp³-hybridized carbons (Fsp3) is 1.00. The Morgan fingerprint density at radius 2 is 2.08 bits per heavy atom. The monoisotopic (exact) mass is 179 g/mol. The summed E-state index contributed by atoms with van der Waals surface area (Å²) in [7, 11) is 0. The molecule has 4 atom stereocenters. The number of nitrogens with two attached hydrogens (primary N) is 1. The first-order valence-corrected chi connectivity index (χ1v) is 3.60. The Morgan fingerprint density at radius 1 is 1.50 bits per heavy atom. The van der Waals surface area contributed by atoms with Gasteiger partial charge in [0.1, 0.15) is 12.2 Å². The fourth-order valence-electron chi connectivity index (χ4n) is 1.08. The molecule has 1 heterocycles. The second-order valence-corrected chi connectivity index (χ2v) is 2.90. The highest BCUT2D eigenvalue weighted by molar-refractivity contribution is 4.94. The number of aliphatic hydroxyl groups excluding tert-OH is 3. The van der Waals surface area contributed by atoms with Crippen molar-refractivity contribution in [3.8, 4) is 0 Å². The molecule has 0 bridgehead atoms. The van der Waals surface area contributed by atoms with Crippen LogP contribution in [-0.2, 0) is 4.74 Å². The summed E-state index contributed by atoms with van der Waals surface area (Å²) in [6, 6.07) is -1.20. The molecule has 0 spiro atoms. The molecule has 0 unspecified atom stereocenters. The molecule has 72 valence electrons. The van der Waals surface area contributed by atoms with Gasteiger partial charge in [-0.15, -0.1) is 0 Å². The molecule has 1 aliphatic heterocycles. The largest absolute Gasteiger partial charge is 0.391 e. The van der Waals surface area contributed by atoms with Crippen molar-refractivity contribution in [3.63, 3.8) is 0 Å². The van der Waals surface area contributed by atoms with E-state index in [-0.39, 0.29) is 6.61 Å². The molecule has 6 N–H and O–H groups in total. The average molecular weight is 179 g/mol. The van der Waals surface area contributed by atoms with E-state index in [1.54, 1.807) is 0 Å². The zero-order chi connectivity index (χ0) is 9.35. The van der Waals surface area contributed by atoms with E-state index in [1.807, 2.05) is 0 Å². The van der Waals surface area contributed by atoms with Gasteiger partial charge < -0.3 is 30.9 Å². The summed E-state index contributed by atoms with van der Waals surface area (Å²) in [5.74, 6) is -1.95. The Labute approximate surface area is 69.2 Å². The van der Waals surface area contributed by atoms with Gasteiger partial charge in [0.25, 0.3) is 0 Å². The van der Waals surface area contributed by atoms with Gasteiger partial charge in [-0.3, -0.25) is 0 Å². The van der Waals surface area contributed by atoms with E-state index < -0.39 is 30.6 Å². The number of rotatable bonds is 1.